The van der Waals surface area contributed by atoms with E-state index in [0.717, 1.165) is 12.8 Å². The number of phenolic OH excluding ortho intramolecular Hbond substituents is 2. The summed E-state index contributed by atoms with van der Waals surface area (Å²) in [7, 11) is 0. The molecule has 29 heavy (non-hydrogen) atoms. The summed E-state index contributed by atoms with van der Waals surface area (Å²) in [6.07, 6.45) is 6.28. The summed E-state index contributed by atoms with van der Waals surface area (Å²) in [5.41, 5.74) is 4.16. The van der Waals surface area contributed by atoms with Crippen molar-refractivity contribution >= 4 is 5.97 Å². The van der Waals surface area contributed by atoms with Crippen molar-refractivity contribution in [2.75, 3.05) is 6.61 Å². The van der Waals surface area contributed by atoms with E-state index < -0.39 is 5.97 Å². The Hall–Kier alpha value is -1.97. The van der Waals surface area contributed by atoms with Crippen molar-refractivity contribution in [2.45, 2.75) is 80.1 Å². The lowest BCUT2D eigenvalue weighted by molar-refractivity contribution is 0.0111. The van der Waals surface area contributed by atoms with Gasteiger partial charge in [0.15, 0.2) is 0 Å². The molecule has 0 radical (unpaired) electrons. The Morgan fingerprint density at radius 1 is 1.21 bits per heavy atom. The summed E-state index contributed by atoms with van der Waals surface area (Å²) >= 11 is 0. The number of rotatable bonds is 4. The van der Waals surface area contributed by atoms with E-state index in [1.807, 2.05) is 0 Å². The molecule has 4 nitrogen and oxygen atoms in total. The van der Waals surface area contributed by atoms with Crippen LogP contribution >= 0.6 is 0 Å². The van der Waals surface area contributed by atoms with Crippen LogP contribution in [-0.4, -0.2) is 22.8 Å². The maximum atomic E-state index is 12.4. The molecule has 0 bridgehead atoms. The Balaban J connectivity index is 2.07. The van der Waals surface area contributed by atoms with Gasteiger partial charge >= 0.3 is 5.97 Å². The first-order valence-electron chi connectivity index (χ1n) is 10.9. The smallest absolute Gasteiger partial charge is 0.342 e. The molecule has 1 aromatic rings. The predicted molar refractivity (Wildman–Crippen MR) is 115 cm³/mol. The van der Waals surface area contributed by atoms with Gasteiger partial charge in [-0.25, -0.2) is 4.79 Å². The zero-order valence-electron chi connectivity index (χ0n) is 18.8. The SMILES string of the molecule is CCOC(=O)c1c(C)cc(O)c(CC2=C(C)CC[C@H]3C(C)(C)CCC[C@]23C)c1O. The van der Waals surface area contributed by atoms with Crippen molar-refractivity contribution in [3.8, 4) is 11.5 Å². The van der Waals surface area contributed by atoms with Gasteiger partial charge in [0.25, 0.3) is 0 Å². The number of ether oxygens (including phenoxy) is 1. The molecule has 0 spiro atoms. The molecule has 0 unspecified atom stereocenters. The van der Waals surface area contributed by atoms with Gasteiger partial charge in [-0.15, -0.1) is 0 Å². The lowest BCUT2D eigenvalue weighted by Crippen LogP contribution is -2.45. The van der Waals surface area contributed by atoms with Crippen molar-refractivity contribution < 1.29 is 19.7 Å². The molecule has 0 aromatic heterocycles. The largest absolute Gasteiger partial charge is 0.508 e. The van der Waals surface area contributed by atoms with Gasteiger partial charge in [0.05, 0.1) is 6.61 Å². The maximum Gasteiger partial charge on any atom is 0.342 e. The second kappa shape index (κ2) is 7.70. The summed E-state index contributed by atoms with van der Waals surface area (Å²) in [6.45, 7) is 13.0. The number of esters is 1. The minimum Gasteiger partial charge on any atom is -0.508 e. The number of fused-ring (bicyclic) bond motifs is 1. The van der Waals surface area contributed by atoms with Gasteiger partial charge in [-0.05, 0) is 74.8 Å². The van der Waals surface area contributed by atoms with Crippen LogP contribution in [-0.2, 0) is 11.2 Å². The molecule has 2 aliphatic carbocycles. The van der Waals surface area contributed by atoms with Crippen molar-refractivity contribution in [2.24, 2.45) is 16.7 Å². The molecule has 1 aromatic carbocycles. The van der Waals surface area contributed by atoms with Crippen LogP contribution in [0.25, 0.3) is 0 Å². The van der Waals surface area contributed by atoms with Crippen LogP contribution in [0.5, 0.6) is 11.5 Å². The molecule has 160 valence electrons. The van der Waals surface area contributed by atoms with Crippen LogP contribution in [0.4, 0.5) is 0 Å². The van der Waals surface area contributed by atoms with Crippen molar-refractivity contribution in [1.29, 1.82) is 0 Å². The number of carbonyl (C=O) groups excluding carboxylic acids is 1. The van der Waals surface area contributed by atoms with Gasteiger partial charge in [-0.2, -0.15) is 0 Å². The summed E-state index contributed by atoms with van der Waals surface area (Å²) in [5.74, 6) is -0.0427. The number of hydrogen-bond donors (Lipinski definition) is 2. The first-order valence-corrected chi connectivity index (χ1v) is 10.9. The second-order valence-corrected chi connectivity index (χ2v) is 9.92. The van der Waals surface area contributed by atoms with E-state index in [1.165, 1.54) is 30.4 Å². The minimum atomic E-state index is -0.541. The second-order valence-electron chi connectivity index (χ2n) is 9.92. The minimum absolute atomic E-state index is 0.0501. The van der Waals surface area contributed by atoms with E-state index in [2.05, 4.69) is 27.7 Å². The summed E-state index contributed by atoms with van der Waals surface area (Å²) in [6, 6.07) is 1.57. The molecule has 1 fully saturated rings. The van der Waals surface area contributed by atoms with Crippen LogP contribution in [0.15, 0.2) is 17.2 Å². The van der Waals surface area contributed by atoms with Crippen molar-refractivity contribution in [3.05, 3.63) is 33.9 Å². The third-order valence-corrected chi connectivity index (χ3v) is 7.65. The standard InChI is InChI=1S/C25H36O4/c1-7-29-23(28)21-16(3)13-19(26)17(22(21)27)14-18-15(2)9-10-20-24(4,5)11-8-12-25(18,20)6/h13,20,26-27H,7-12,14H2,1-6H3/t20-,25+/m0/s1. The molecule has 3 rings (SSSR count). The molecule has 4 heteroatoms. The van der Waals surface area contributed by atoms with Gasteiger partial charge < -0.3 is 14.9 Å². The van der Waals surface area contributed by atoms with Crippen LogP contribution < -0.4 is 0 Å². The molecular formula is C25H36O4. The van der Waals surface area contributed by atoms with E-state index in [4.69, 9.17) is 4.74 Å². The van der Waals surface area contributed by atoms with Gasteiger partial charge in [-0.1, -0.05) is 38.3 Å². The molecule has 1 saturated carbocycles. The quantitative estimate of drug-likeness (QED) is 0.475. The summed E-state index contributed by atoms with van der Waals surface area (Å²) in [4.78, 5) is 12.4. The lowest BCUT2D eigenvalue weighted by atomic mass is 9.50. The highest BCUT2D eigenvalue weighted by Gasteiger charge is 2.50. The maximum absolute atomic E-state index is 12.4. The molecule has 2 N–H and O–H groups in total. The van der Waals surface area contributed by atoms with Crippen molar-refractivity contribution in [1.82, 2.24) is 0 Å². The normalized spacial score (nSPS) is 26.2. The van der Waals surface area contributed by atoms with E-state index in [-0.39, 0.29) is 34.5 Å². The molecular weight excluding hydrogens is 364 g/mol. The van der Waals surface area contributed by atoms with Crippen LogP contribution in [0, 0.1) is 23.7 Å². The van der Waals surface area contributed by atoms with Crippen LogP contribution in [0.3, 0.4) is 0 Å². The van der Waals surface area contributed by atoms with Gasteiger partial charge in [-0.3, -0.25) is 0 Å². The number of phenols is 2. The summed E-state index contributed by atoms with van der Waals surface area (Å²) < 4.78 is 5.14. The Morgan fingerprint density at radius 2 is 1.90 bits per heavy atom. The molecule has 0 amide bonds. The van der Waals surface area contributed by atoms with Gasteiger partial charge in [0.2, 0.25) is 0 Å². The lowest BCUT2D eigenvalue weighted by Gasteiger charge is -2.55. The third kappa shape index (κ3) is 3.67. The average molecular weight is 401 g/mol. The third-order valence-electron chi connectivity index (χ3n) is 7.65. The van der Waals surface area contributed by atoms with E-state index in [9.17, 15) is 15.0 Å². The Kier molecular flexibility index (Phi) is 5.77. The highest BCUT2D eigenvalue weighted by Crippen LogP contribution is 2.60. The van der Waals surface area contributed by atoms with Gasteiger partial charge in [0.1, 0.15) is 17.1 Å². The fourth-order valence-electron chi connectivity index (χ4n) is 6.18. The topological polar surface area (TPSA) is 66.8 Å². The Labute approximate surface area is 175 Å². The summed E-state index contributed by atoms with van der Waals surface area (Å²) in [5, 5.41) is 21.6. The Bertz CT molecular complexity index is 849. The first-order chi connectivity index (χ1) is 13.5. The fraction of sp³-hybridized carbons (Fsp3) is 0.640. The molecule has 0 heterocycles. The average Bonchev–Trinajstić information content (AvgIpc) is 2.59. The molecule has 2 atom stereocenters. The van der Waals surface area contributed by atoms with E-state index in [1.54, 1.807) is 19.9 Å². The highest BCUT2D eigenvalue weighted by atomic mass is 16.5. The predicted octanol–water partition coefficient (Wildman–Crippen LogP) is 6.07. The zero-order valence-corrected chi connectivity index (χ0v) is 18.8. The first kappa shape index (κ1) is 21.7. The number of allylic oxidation sites excluding steroid dienone is 2. The van der Waals surface area contributed by atoms with Crippen molar-refractivity contribution in [3.63, 3.8) is 0 Å². The number of aryl methyl sites for hydroxylation is 1. The fourth-order valence-corrected chi connectivity index (χ4v) is 6.18. The van der Waals surface area contributed by atoms with E-state index >= 15 is 0 Å². The number of aromatic hydroxyl groups is 2. The zero-order chi connectivity index (χ0) is 21.6. The highest BCUT2D eigenvalue weighted by molar-refractivity contribution is 5.95. The number of hydrogen-bond acceptors (Lipinski definition) is 4. The molecule has 0 saturated heterocycles. The molecule has 2 aliphatic rings. The van der Waals surface area contributed by atoms with Gasteiger partial charge in [0, 0.05) is 12.0 Å². The monoisotopic (exact) mass is 400 g/mol. The Morgan fingerprint density at radius 3 is 2.55 bits per heavy atom. The molecule has 0 aliphatic heterocycles. The number of carbonyl (C=O) groups is 1. The number of benzene rings is 1. The van der Waals surface area contributed by atoms with Crippen LogP contribution in [0.2, 0.25) is 0 Å². The van der Waals surface area contributed by atoms with E-state index in [0.29, 0.717) is 23.5 Å². The van der Waals surface area contributed by atoms with Crippen LogP contribution in [0.1, 0.15) is 88.2 Å².